The molecule has 2 N–H and O–H groups in total. The monoisotopic (exact) mass is 334 g/mol. The predicted molar refractivity (Wildman–Crippen MR) is 83.5 cm³/mol. The van der Waals surface area contributed by atoms with Gasteiger partial charge < -0.3 is 14.7 Å². The Hall–Kier alpha value is -2.15. The van der Waals surface area contributed by atoms with Gasteiger partial charge in [-0.3, -0.25) is 14.9 Å². The van der Waals surface area contributed by atoms with E-state index in [1.54, 1.807) is 0 Å². The van der Waals surface area contributed by atoms with Gasteiger partial charge in [-0.05, 0) is 13.3 Å². The Labute approximate surface area is 138 Å². The molecular weight excluding hydrogens is 315 g/mol. The molecule has 1 unspecified atom stereocenters. The van der Waals surface area contributed by atoms with Gasteiger partial charge in [0.25, 0.3) is 0 Å². The molecule has 4 rings (SSSR count). The number of ether oxygens (including phenoxy) is 1. The summed E-state index contributed by atoms with van der Waals surface area (Å²) in [5.74, 6) is -1.26. The Morgan fingerprint density at radius 2 is 2.17 bits per heavy atom. The molecular formula is C17H19FN2O4. The number of nitrogens with zero attached hydrogens (tertiary/aromatic N) is 1. The Bertz CT molecular complexity index is 736. The van der Waals surface area contributed by atoms with Gasteiger partial charge in [0.1, 0.15) is 11.6 Å². The summed E-state index contributed by atoms with van der Waals surface area (Å²) in [5.41, 5.74) is 1.70. The molecule has 3 atom stereocenters. The summed E-state index contributed by atoms with van der Waals surface area (Å²) in [6.45, 7) is 2.76. The number of rotatable bonds is 2. The topological polar surface area (TPSA) is 78.9 Å². The lowest BCUT2D eigenvalue weighted by molar-refractivity contribution is -0.134. The van der Waals surface area contributed by atoms with Crippen LogP contribution in [0.3, 0.4) is 0 Å². The van der Waals surface area contributed by atoms with Crippen molar-refractivity contribution in [3.63, 3.8) is 0 Å². The van der Waals surface area contributed by atoms with Crippen LogP contribution < -0.4 is 15.0 Å². The zero-order chi connectivity index (χ0) is 17.0. The molecule has 2 saturated heterocycles. The molecule has 0 aliphatic carbocycles. The van der Waals surface area contributed by atoms with Gasteiger partial charge in [0.2, 0.25) is 11.8 Å². The molecule has 0 bridgehead atoms. The van der Waals surface area contributed by atoms with Crippen LogP contribution in [0, 0.1) is 5.82 Å². The van der Waals surface area contributed by atoms with Crippen LogP contribution >= 0.6 is 0 Å². The van der Waals surface area contributed by atoms with Crippen LogP contribution in [0.5, 0.6) is 5.75 Å². The summed E-state index contributed by atoms with van der Waals surface area (Å²) >= 11 is 0. The maximum absolute atomic E-state index is 14.9. The number of hydrogen-bond acceptors (Lipinski definition) is 5. The minimum atomic E-state index is -0.661. The third kappa shape index (κ3) is 2.18. The highest BCUT2D eigenvalue weighted by atomic mass is 19.1. The number of nitrogens with one attached hydrogen (secondary N) is 1. The lowest BCUT2D eigenvalue weighted by Crippen LogP contribution is -2.58. The second-order valence-electron chi connectivity index (χ2n) is 6.66. The average molecular weight is 334 g/mol. The van der Waals surface area contributed by atoms with E-state index in [1.807, 2.05) is 11.8 Å². The Balaban J connectivity index is 1.76. The number of halogens is 1. The molecule has 0 saturated carbocycles. The fourth-order valence-corrected chi connectivity index (χ4v) is 3.82. The Morgan fingerprint density at radius 3 is 2.83 bits per heavy atom. The fourth-order valence-electron chi connectivity index (χ4n) is 3.82. The van der Waals surface area contributed by atoms with E-state index in [-0.39, 0.29) is 18.4 Å². The van der Waals surface area contributed by atoms with Crippen molar-refractivity contribution in [1.29, 1.82) is 0 Å². The van der Waals surface area contributed by atoms with Crippen LogP contribution in [0.2, 0.25) is 0 Å². The maximum Gasteiger partial charge on any atom is 0.234 e. The molecule has 1 aromatic rings. The summed E-state index contributed by atoms with van der Waals surface area (Å²) in [5, 5.41) is 12.0. The van der Waals surface area contributed by atoms with Gasteiger partial charge in [0.15, 0.2) is 0 Å². The number of aliphatic hydroxyl groups is 1. The molecule has 6 nitrogen and oxygen atoms in total. The van der Waals surface area contributed by atoms with Crippen LogP contribution in [0.15, 0.2) is 6.07 Å². The zero-order valence-corrected chi connectivity index (χ0v) is 13.3. The molecule has 7 heteroatoms. The molecule has 24 heavy (non-hydrogen) atoms. The summed E-state index contributed by atoms with van der Waals surface area (Å²) < 4.78 is 20.6. The van der Waals surface area contributed by atoms with E-state index in [2.05, 4.69) is 5.32 Å². The lowest BCUT2D eigenvalue weighted by atomic mass is 9.85. The Kier molecular flexibility index (Phi) is 3.49. The average Bonchev–Trinajstić information content (AvgIpc) is 3.02. The van der Waals surface area contributed by atoms with Crippen LogP contribution in [0.4, 0.5) is 10.1 Å². The molecule has 0 aromatic heterocycles. The normalized spacial score (nSPS) is 29.0. The van der Waals surface area contributed by atoms with E-state index in [1.165, 1.54) is 6.07 Å². The highest BCUT2D eigenvalue weighted by molar-refractivity contribution is 6.01. The number of amides is 2. The van der Waals surface area contributed by atoms with Gasteiger partial charge in [-0.25, -0.2) is 4.39 Å². The number of carbonyl (C=O) groups excluding carboxylic acids is 2. The van der Waals surface area contributed by atoms with Gasteiger partial charge in [-0.15, -0.1) is 0 Å². The van der Waals surface area contributed by atoms with E-state index in [0.29, 0.717) is 48.6 Å². The quantitative estimate of drug-likeness (QED) is 0.784. The molecule has 0 spiro atoms. The van der Waals surface area contributed by atoms with Crippen molar-refractivity contribution in [2.75, 3.05) is 18.1 Å². The SMILES string of the molecule is C[C@@H]1[C@@H](O)CN1c1cc(F)c(C2CCC(=O)NC2=O)c2c1OCC2. The van der Waals surface area contributed by atoms with Gasteiger partial charge in [-0.2, -0.15) is 0 Å². The number of fused-ring (bicyclic) bond motifs is 1. The largest absolute Gasteiger partial charge is 0.491 e. The molecule has 2 amide bonds. The van der Waals surface area contributed by atoms with Crippen LogP contribution in [0.25, 0.3) is 0 Å². The van der Waals surface area contributed by atoms with Crippen LogP contribution in [0.1, 0.15) is 36.8 Å². The molecule has 3 aliphatic heterocycles. The molecule has 2 fully saturated rings. The highest BCUT2D eigenvalue weighted by Gasteiger charge is 2.40. The minimum Gasteiger partial charge on any atom is -0.491 e. The van der Waals surface area contributed by atoms with Crippen molar-refractivity contribution in [3.8, 4) is 5.75 Å². The van der Waals surface area contributed by atoms with Crippen molar-refractivity contribution < 1.29 is 23.8 Å². The third-order valence-electron chi connectivity index (χ3n) is 5.28. The summed E-state index contributed by atoms with van der Waals surface area (Å²) in [6, 6.07) is 1.30. The van der Waals surface area contributed by atoms with Crippen molar-refractivity contribution in [2.45, 2.75) is 44.2 Å². The molecule has 3 aliphatic rings. The first kappa shape index (κ1) is 15.4. The van der Waals surface area contributed by atoms with Crippen molar-refractivity contribution in [1.82, 2.24) is 5.32 Å². The first-order valence-corrected chi connectivity index (χ1v) is 8.24. The number of aliphatic hydroxyl groups excluding tert-OH is 1. The van der Waals surface area contributed by atoms with E-state index in [9.17, 15) is 19.1 Å². The second kappa shape index (κ2) is 5.44. The molecule has 1 aromatic carbocycles. The molecule has 128 valence electrons. The second-order valence-corrected chi connectivity index (χ2v) is 6.66. The highest BCUT2D eigenvalue weighted by Crippen LogP contribution is 2.45. The van der Waals surface area contributed by atoms with Crippen molar-refractivity contribution in [3.05, 3.63) is 23.0 Å². The number of β-amino-alcohol motifs (C(OH)–C–C–N with tert-alkyl or cyclic N) is 1. The van der Waals surface area contributed by atoms with Crippen molar-refractivity contribution in [2.24, 2.45) is 0 Å². The van der Waals surface area contributed by atoms with E-state index in [0.717, 1.165) is 0 Å². The summed E-state index contributed by atoms with van der Waals surface area (Å²) in [6.07, 6.45) is 0.632. The first-order chi connectivity index (χ1) is 11.5. The smallest absolute Gasteiger partial charge is 0.234 e. The molecule has 0 radical (unpaired) electrons. The zero-order valence-electron chi connectivity index (χ0n) is 13.3. The first-order valence-electron chi connectivity index (χ1n) is 8.24. The van der Waals surface area contributed by atoms with Crippen molar-refractivity contribution >= 4 is 17.5 Å². The third-order valence-corrected chi connectivity index (χ3v) is 5.28. The van der Waals surface area contributed by atoms with Crippen LogP contribution in [-0.4, -0.2) is 42.2 Å². The molecule has 3 heterocycles. The fraction of sp³-hybridized carbons (Fsp3) is 0.529. The number of piperidine rings is 1. The number of benzene rings is 1. The maximum atomic E-state index is 14.9. The van der Waals surface area contributed by atoms with Gasteiger partial charge in [0.05, 0.1) is 30.4 Å². The Morgan fingerprint density at radius 1 is 1.38 bits per heavy atom. The summed E-state index contributed by atoms with van der Waals surface area (Å²) in [7, 11) is 0. The number of hydrogen-bond donors (Lipinski definition) is 2. The number of carbonyl (C=O) groups is 2. The summed E-state index contributed by atoms with van der Waals surface area (Å²) in [4.78, 5) is 25.4. The van der Waals surface area contributed by atoms with Crippen LogP contribution in [-0.2, 0) is 16.0 Å². The van der Waals surface area contributed by atoms with E-state index < -0.39 is 23.7 Å². The number of anilines is 1. The predicted octanol–water partition coefficient (Wildman–Crippen LogP) is 0.850. The van der Waals surface area contributed by atoms with Gasteiger partial charge in [-0.1, -0.05) is 0 Å². The van der Waals surface area contributed by atoms with Gasteiger partial charge >= 0.3 is 0 Å². The standard InChI is InChI=1S/C17H19FN2O4/c1-8-13(21)7-20(8)12-6-11(18)15(9-4-5-24-16(9)12)10-2-3-14(22)19-17(10)23/h6,8,10,13,21H,2-5,7H2,1H3,(H,19,22,23)/t8-,10?,13+/m1/s1. The van der Waals surface area contributed by atoms with E-state index >= 15 is 0 Å². The van der Waals surface area contributed by atoms with Gasteiger partial charge in [0, 0.05) is 36.6 Å². The lowest BCUT2D eigenvalue weighted by Gasteiger charge is -2.45. The van der Waals surface area contributed by atoms with E-state index in [4.69, 9.17) is 4.74 Å². The number of imide groups is 1. The minimum absolute atomic E-state index is 0.0980.